The van der Waals surface area contributed by atoms with Crippen molar-refractivity contribution in [3.05, 3.63) is 46.4 Å². The Hall–Kier alpha value is -2.54. The zero-order valence-electron chi connectivity index (χ0n) is 16.4. The van der Waals surface area contributed by atoms with Crippen LogP contribution >= 0.6 is 0 Å². The van der Waals surface area contributed by atoms with Crippen molar-refractivity contribution < 1.29 is 9.26 Å². The summed E-state index contributed by atoms with van der Waals surface area (Å²) in [4.78, 5) is 4.64. The van der Waals surface area contributed by atoms with Gasteiger partial charge in [0.25, 0.3) is 5.89 Å². The summed E-state index contributed by atoms with van der Waals surface area (Å²) in [6.45, 7) is 5.29. The van der Waals surface area contributed by atoms with E-state index in [0.29, 0.717) is 30.7 Å². The van der Waals surface area contributed by atoms with Gasteiger partial charge in [0.2, 0.25) is 0 Å². The molecular formula is C21H25N5O2. The SMILES string of the molecule is Cc1ccc([C@H]2Cn3nnc(-c4nc(C5CCCCC5)no4)c3CO2)c(C)c1. The van der Waals surface area contributed by atoms with Crippen LogP contribution in [0.5, 0.6) is 0 Å². The largest absolute Gasteiger partial charge is 0.365 e. The number of aromatic nitrogens is 5. The molecule has 1 atom stereocenters. The summed E-state index contributed by atoms with van der Waals surface area (Å²) < 4.78 is 13.6. The molecule has 1 aromatic carbocycles. The van der Waals surface area contributed by atoms with E-state index in [2.05, 4.69) is 52.5 Å². The van der Waals surface area contributed by atoms with Gasteiger partial charge in [0.1, 0.15) is 6.10 Å². The average Bonchev–Trinajstić information content (AvgIpc) is 3.35. The lowest BCUT2D eigenvalue weighted by molar-refractivity contribution is -0.00153. The molecule has 146 valence electrons. The molecule has 1 aliphatic carbocycles. The number of hydrogen-bond acceptors (Lipinski definition) is 6. The average molecular weight is 379 g/mol. The number of aryl methyl sites for hydroxylation is 2. The van der Waals surface area contributed by atoms with Gasteiger partial charge in [-0.15, -0.1) is 5.10 Å². The third-order valence-electron chi connectivity index (χ3n) is 5.98. The summed E-state index contributed by atoms with van der Waals surface area (Å²) in [7, 11) is 0. The summed E-state index contributed by atoms with van der Waals surface area (Å²) in [6, 6.07) is 6.46. The number of hydrogen-bond donors (Lipinski definition) is 0. The van der Waals surface area contributed by atoms with E-state index in [0.717, 1.165) is 24.4 Å². The highest BCUT2D eigenvalue weighted by Crippen LogP contribution is 2.34. The van der Waals surface area contributed by atoms with Gasteiger partial charge in [-0.1, -0.05) is 53.4 Å². The molecule has 0 radical (unpaired) electrons. The van der Waals surface area contributed by atoms with Crippen LogP contribution in [0.3, 0.4) is 0 Å². The van der Waals surface area contributed by atoms with Gasteiger partial charge in [0.05, 0.1) is 18.8 Å². The maximum atomic E-state index is 6.16. The fourth-order valence-corrected chi connectivity index (χ4v) is 4.41. The molecule has 5 rings (SSSR count). The van der Waals surface area contributed by atoms with E-state index in [1.165, 1.54) is 36.0 Å². The van der Waals surface area contributed by atoms with E-state index >= 15 is 0 Å². The van der Waals surface area contributed by atoms with Crippen molar-refractivity contribution in [1.82, 2.24) is 25.1 Å². The molecule has 0 spiro atoms. The lowest BCUT2D eigenvalue weighted by Gasteiger charge is -2.25. The van der Waals surface area contributed by atoms with Crippen molar-refractivity contribution in [2.75, 3.05) is 0 Å². The summed E-state index contributed by atoms with van der Waals surface area (Å²) in [6.07, 6.45) is 6.03. The fraction of sp³-hybridized carbons (Fsp3) is 0.524. The van der Waals surface area contributed by atoms with E-state index in [9.17, 15) is 0 Å². The highest BCUT2D eigenvalue weighted by Gasteiger charge is 2.29. The zero-order valence-corrected chi connectivity index (χ0v) is 16.4. The van der Waals surface area contributed by atoms with Crippen molar-refractivity contribution in [2.45, 2.75) is 71.1 Å². The Labute approximate surface area is 164 Å². The first-order chi connectivity index (χ1) is 13.7. The lowest BCUT2D eigenvalue weighted by Crippen LogP contribution is -2.22. The summed E-state index contributed by atoms with van der Waals surface area (Å²) in [5.74, 6) is 1.67. The molecular weight excluding hydrogens is 354 g/mol. The van der Waals surface area contributed by atoms with Gasteiger partial charge in [-0.05, 0) is 37.8 Å². The smallest absolute Gasteiger partial charge is 0.280 e. The van der Waals surface area contributed by atoms with Crippen LogP contribution in [0.2, 0.25) is 0 Å². The first-order valence-corrected chi connectivity index (χ1v) is 10.1. The highest BCUT2D eigenvalue weighted by atomic mass is 16.5. The second-order valence-electron chi connectivity index (χ2n) is 8.02. The van der Waals surface area contributed by atoms with Crippen LogP contribution in [-0.4, -0.2) is 25.1 Å². The number of benzene rings is 1. The second kappa shape index (κ2) is 7.13. The molecule has 3 aromatic rings. The Morgan fingerprint density at radius 3 is 2.79 bits per heavy atom. The third kappa shape index (κ3) is 3.13. The molecule has 0 unspecified atom stereocenters. The topological polar surface area (TPSA) is 78.9 Å². The standard InChI is InChI=1S/C21H25N5O2/c1-13-8-9-16(14(2)10-13)18-11-26-17(12-27-18)19(23-25-26)21-22-20(24-28-21)15-6-4-3-5-7-15/h8-10,15,18H,3-7,11-12H2,1-2H3/t18-/m1/s1. The molecule has 1 saturated carbocycles. The van der Waals surface area contributed by atoms with Gasteiger partial charge in [-0.2, -0.15) is 4.98 Å². The second-order valence-corrected chi connectivity index (χ2v) is 8.02. The summed E-state index contributed by atoms with van der Waals surface area (Å²) in [5.41, 5.74) is 5.24. The summed E-state index contributed by atoms with van der Waals surface area (Å²) in [5, 5.41) is 12.9. The number of rotatable bonds is 3. The minimum Gasteiger partial charge on any atom is -0.365 e. The number of ether oxygens (including phenoxy) is 1. The lowest BCUT2D eigenvalue weighted by atomic mass is 9.89. The van der Waals surface area contributed by atoms with Crippen LogP contribution < -0.4 is 0 Å². The van der Waals surface area contributed by atoms with Crippen molar-refractivity contribution in [3.8, 4) is 11.6 Å². The zero-order chi connectivity index (χ0) is 19.1. The van der Waals surface area contributed by atoms with E-state index in [1.54, 1.807) is 0 Å². The molecule has 28 heavy (non-hydrogen) atoms. The first kappa shape index (κ1) is 17.6. The van der Waals surface area contributed by atoms with E-state index < -0.39 is 0 Å². The van der Waals surface area contributed by atoms with Crippen molar-refractivity contribution in [3.63, 3.8) is 0 Å². The van der Waals surface area contributed by atoms with E-state index in [4.69, 9.17) is 9.26 Å². The van der Waals surface area contributed by atoms with Gasteiger partial charge in [-0.25, -0.2) is 4.68 Å². The molecule has 0 N–H and O–H groups in total. The molecule has 1 aliphatic heterocycles. The van der Waals surface area contributed by atoms with Gasteiger partial charge >= 0.3 is 0 Å². The fourth-order valence-electron chi connectivity index (χ4n) is 4.41. The van der Waals surface area contributed by atoms with Gasteiger partial charge in [-0.3, -0.25) is 0 Å². The summed E-state index contributed by atoms with van der Waals surface area (Å²) >= 11 is 0. The molecule has 0 saturated heterocycles. The van der Waals surface area contributed by atoms with Gasteiger partial charge < -0.3 is 9.26 Å². The Bertz CT molecular complexity index is 987. The van der Waals surface area contributed by atoms with Crippen molar-refractivity contribution in [1.29, 1.82) is 0 Å². The maximum absolute atomic E-state index is 6.16. The Kier molecular flexibility index (Phi) is 4.47. The molecule has 7 heteroatoms. The Morgan fingerprint density at radius 2 is 1.96 bits per heavy atom. The van der Waals surface area contributed by atoms with Crippen LogP contribution in [0.1, 0.15) is 72.3 Å². The Morgan fingerprint density at radius 1 is 1.11 bits per heavy atom. The van der Waals surface area contributed by atoms with Gasteiger partial charge in [0.15, 0.2) is 11.5 Å². The van der Waals surface area contributed by atoms with Crippen molar-refractivity contribution >= 4 is 0 Å². The Balaban J connectivity index is 1.38. The predicted molar refractivity (Wildman–Crippen MR) is 103 cm³/mol. The van der Waals surface area contributed by atoms with E-state index in [-0.39, 0.29) is 6.10 Å². The van der Waals surface area contributed by atoms with Crippen LogP contribution in [0.15, 0.2) is 22.7 Å². The van der Waals surface area contributed by atoms with Crippen LogP contribution in [0, 0.1) is 13.8 Å². The molecule has 2 aromatic heterocycles. The highest BCUT2D eigenvalue weighted by molar-refractivity contribution is 5.50. The monoisotopic (exact) mass is 379 g/mol. The minimum atomic E-state index is -0.0249. The maximum Gasteiger partial charge on any atom is 0.280 e. The minimum absolute atomic E-state index is 0.0249. The predicted octanol–water partition coefficient (Wildman–Crippen LogP) is 4.26. The molecule has 0 bridgehead atoms. The molecule has 7 nitrogen and oxygen atoms in total. The number of nitrogens with zero attached hydrogens (tertiary/aromatic N) is 5. The number of fused-ring (bicyclic) bond motifs is 1. The van der Waals surface area contributed by atoms with E-state index in [1.807, 2.05) is 4.68 Å². The molecule has 0 amide bonds. The normalized spacial score (nSPS) is 20.3. The van der Waals surface area contributed by atoms with Crippen LogP contribution in [0.4, 0.5) is 0 Å². The molecule has 2 aliphatic rings. The van der Waals surface area contributed by atoms with Crippen molar-refractivity contribution in [2.24, 2.45) is 0 Å². The van der Waals surface area contributed by atoms with Crippen LogP contribution in [0.25, 0.3) is 11.6 Å². The quantitative estimate of drug-likeness (QED) is 0.676. The third-order valence-corrected chi connectivity index (χ3v) is 5.98. The first-order valence-electron chi connectivity index (χ1n) is 10.1. The molecule has 1 fully saturated rings. The van der Waals surface area contributed by atoms with Gasteiger partial charge in [0, 0.05) is 5.92 Å². The molecule has 3 heterocycles. The van der Waals surface area contributed by atoms with Crippen LogP contribution in [-0.2, 0) is 17.9 Å².